The SMILES string of the molecule is C=CCN(CC=C)C(=O)n1cnc(S(=O)CC)n1. The lowest BCUT2D eigenvalue weighted by molar-refractivity contribution is 0.206. The number of carbonyl (C=O) groups is 1. The standard InChI is InChI=1S/C11H16N4O2S/c1-4-7-14(8-5-2)11(16)15-9-12-10(13-15)18(17)6-3/h4-5,9H,1-2,6-8H2,3H3. The minimum Gasteiger partial charge on any atom is -0.315 e. The molecule has 7 heteroatoms. The fraction of sp³-hybridized carbons (Fsp3) is 0.364. The summed E-state index contributed by atoms with van der Waals surface area (Å²) < 4.78 is 12.6. The summed E-state index contributed by atoms with van der Waals surface area (Å²) in [5.74, 6) is 0.418. The first-order valence-electron chi connectivity index (χ1n) is 5.45. The molecule has 1 unspecified atom stereocenters. The molecule has 0 aromatic carbocycles. The molecule has 0 fully saturated rings. The highest BCUT2D eigenvalue weighted by atomic mass is 32.2. The van der Waals surface area contributed by atoms with Gasteiger partial charge in [-0.05, 0) is 0 Å². The Kier molecular flexibility index (Phi) is 5.44. The second kappa shape index (κ2) is 6.85. The summed E-state index contributed by atoms with van der Waals surface area (Å²) in [5, 5.41) is 4.08. The van der Waals surface area contributed by atoms with Crippen LogP contribution in [0.1, 0.15) is 6.92 Å². The van der Waals surface area contributed by atoms with Gasteiger partial charge in [0.1, 0.15) is 6.33 Å². The van der Waals surface area contributed by atoms with E-state index in [1.807, 2.05) is 0 Å². The van der Waals surface area contributed by atoms with Crippen molar-refractivity contribution in [2.75, 3.05) is 18.8 Å². The molecule has 0 radical (unpaired) electrons. The van der Waals surface area contributed by atoms with E-state index in [0.29, 0.717) is 18.8 Å². The Morgan fingerprint density at radius 3 is 2.61 bits per heavy atom. The average Bonchev–Trinajstić information content (AvgIpc) is 2.86. The van der Waals surface area contributed by atoms with Crippen molar-refractivity contribution >= 4 is 16.8 Å². The Hall–Kier alpha value is -1.76. The van der Waals surface area contributed by atoms with Gasteiger partial charge in [0.25, 0.3) is 0 Å². The lowest BCUT2D eigenvalue weighted by Crippen LogP contribution is -2.35. The third-order valence-electron chi connectivity index (χ3n) is 2.10. The first-order chi connectivity index (χ1) is 8.63. The van der Waals surface area contributed by atoms with Gasteiger partial charge in [-0.15, -0.1) is 18.3 Å². The van der Waals surface area contributed by atoms with Gasteiger partial charge in [0.2, 0.25) is 5.16 Å². The highest BCUT2D eigenvalue weighted by Crippen LogP contribution is 2.01. The van der Waals surface area contributed by atoms with Gasteiger partial charge >= 0.3 is 6.03 Å². The maximum Gasteiger partial charge on any atom is 0.346 e. The van der Waals surface area contributed by atoms with Crippen molar-refractivity contribution in [2.24, 2.45) is 0 Å². The van der Waals surface area contributed by atoms with Crippen LogP contribution in [0.5, 0.6) is 0 Å². The molecule has 1 aromatic rings. The maximum absolute atomic E-state index is 12.0. The van der Waals surface area contributed by atoms with Gasteiger partial charge in [-0.25, -0.2) is 9.78 Å². The Balaban J connectivity index is 2.87. The third kappa shape index (κ3) is 3.36. The molecule has 1 rings (SSSR count). The molecular weight excluding hydrogens is 252 g/mol. The number of amides is 1. The molecule has 0 bridgehead atoms. The van der Waals surface area contributed by atoms with Crippen LogP contribution in [0.25, 0.3) is 0 Å². The number of aromatic nitrogens is 3. The molecule has 6 nitrogen and oxygen atoms in total. The average molecular weight is 268 g/mol. The summed E-state index contributed by atoms with van der Waals surface area (Å²) in [4.78, 5) is 17.4. The normalized spacial score (nSPS) is 11.8. The summed E-state index contributed by atoms with van der Waals surface area (Å²) in [5.41, 5.74) is 0. The molecule has 1 heterocycles. The first kappa shape index (κ1) is 14.3. The first-order valence-corrected chi connectivity index (χ1v) is 6.77. The number of hydrogen-bond donors (Lipinski definition) is 0. The highest BCUT2D eigenvalue weighted by molar-refractivity contribution is 7.84. The van der Waals surface area contributed by atoms with Crippen LogP contribution in [0.15, 0.2) is 36.8 Å². The van der Waals surface area contributed by atoms with Gasteiger partial charge in [-0.2, -0.15) is 4.68 Å². The molecule has 1 aromatic heterocycles. The molecule has 18 heavy (non-hydrogen) atoms. The van der Waals surface area contributed by atoms with Crippen LogP contribution >= 0.6 is 0 Å². The van der Waals surface area contributed by atoms with E-state index in [1.54, 1.807) is 19.1 Å². The van der Waals surface area contributed by atoms with Crippen LogP contribution < -0.4 is 0 Å². The summed E-state index contributed by atoms with van der Waals surface area (Å²) >= 11 is 0. The fourth-order valence-electron chi connectivity index (χ4n) is 1.26. The topological polar surface area (TPSA) is 68.1 Å². The van der Waals surface area contributed by atoms with Crippen LogP contribution in [0, 0.1) is 0 Å². The van der Waals surface area contributed by atoms with Gasteiger partial charge < -0.3 is 4.90 Å². The molecule has 98 valence electrons. The van der Waals surface area contributed by atoms with Crippen LogP contribution in [0.3, 0.4) is 0 Å². The number of rotatable bonds is 6. The lowest BCUT2D eigenvalue weighted by Gasteiger charge is -2.17. The van der Waals surface area contributed by atoms with Crippen LogP contribution in [-0.4, -0.2) is 48.7 Å². The molecule has 0 saturated heterocycles. The van der Waals surface area contributed by atoms with Crippen molar-refractivity contribution < 1.29 is 9.00 Å². The van der Waals surface area contributed by atoms with Crippen LogP contribution in [0.2, 0.25) is 0 Å². The van der Waals surface area contributed by atoms with Gasteiger partial charge in [-0.1, -0.05) is 19.1 Å². The molecule has 0 aliphatic carbocycles. The summed E-state index contributed by atoms with van der Waals surface area (Å²) in [6, 6.07) is -0.346. The number of hydrogen-bond acceptors (Lipinski definition) is 4. The minimum atomic E-state index is -1.26. The van der Waals surface area contributed by atoms with Crippen molar-refractivity contribution in [3.63, 3.8) is 0 Å². The van der Waals surface area contributed by atoms with E-state index in [1.165, 1.54) is 11.2 Å². The fourth-order valence-corrected chi connectivity index (χ4v) is 1.86. The molecule has 0 N–H and O–H groups in total. The lowest BCUT2D eigenvalue weighted by atomic mass is 10.5. The molecule has 0 spiro atoms. The molecule has 1 amide bonds. The van der Waals surface area contributed by atoms with E-state index < -0.39 is 10.8 Å². The Morgan fingerprint density at radius 2 is 2.11 bits per heavy atom. The van der Waals surface area contributed by atoms with E-state index in [4.69, 9.17) is 0 Å². The third-order valence-corrected chi connectivity index (χ3v) is 3.22. The summed E-state index contributed by atoms with van der Waals surface area (Å²) in [7, 11) is -1.26. The van der Waals surface area contributed by atoms with Crippen LogP contribution in [0.4, 0.5) is 4.79 Å². The second-order valence-electron chi connectivity index (χ2n) is 3.37. The van der Waals surface area contributed by atoms with Crippen molar-refractivity contribution in [1.29, 1.82) is 0 Å². The molecule has 0 aliphatic heterocycles. The zero-order valence-electron chi connectivity index (χ0n) is 10.3. The smallest absolute Gasteiger partial charge is 0.315 e. The number of carbonyl (C=O) groups excluding carboxylic acids is 1. The van der Waals surface area contributed by atoms with Crippen molar-refractivity contribution in [3.05, 3.63) is 31.6 Å². The molecule has 0 aliphatic rings. The van der Waals surface area contributed by atoms with E-state index >= 15 is 0 Å². The monoisotopic (exact) mass is 268 g/mol. The Morgan fingerprint density at radius 1 is 1.50 bits per heavy atom. The number of nitrogens with zero attached hydrogens (tertiary/aromatic N) is 4. The summed E-state index contributed by atoms with van der Waals surface area (Å²) in [6.45, 7) is 9.70. The largest absolute Gasteiger partial charge is 0.346 e. The predicted molar refractivity (Wildman–Crippen MR) is 69.7 cm³/mol. The van der Waals surface area contributed by atoms with Crippen molar-refractivity contribution in [2.45, 2.75) is 12.1 Å². The van der Waals surface area contributed by atoms with Gasteiger partial charge in [0.05, 0.1) is 10.8 Å². The summed E-state index contributed by atoms with van der Waals surface area (Å²) in [6.07, 6.45) is 4.50. The van der Waals surface area contributed by atoms with Gasteiger partial charge in [0, 0.05) is 18.8 Å². The van der Waals surface area contributed by atoms with E-state index in [-0.39, 0.29) is 11.2 Å². The second-order valence-corrected chi connectivity index (χ2v) is 5.00. The van der Waals surface area contributed by atoms with Crippen LogP contribution in [-0.2, 0) is 10.8 Å². The highest BCUT2D eigenvalue weighted by Gasteiger charge is 2.16. The van der Waals surface area contributed by atoms with E-state index in [0.717, 1.165) is 4.68 Å². The van der Waals surface area contributed by atoms with Gasteiger partial charge in [0.15, 0.2) is 0 Å². The minimum absolute atomic E-state index is 0.169. The predicted octanol–water partition coefficient (Wildman–Crippen LogP) is 1.05. The Bertz CT molecular complexity index is 459. The maximum atomic E-state index is 12.0. The molecule has 0 saturated carbocycles. The molecule has 1 atom stereocenters. The zero-order valence-corrected chi connectivity index (χ0v) is 11.1. The van der Waals surface area contributed by atoms with Gasteiger partial charge in [-0.3, -0.25) is 4.21 Å². The Labute approximate surface area is 108 Å². The molecular formula is C11H16N4O2S. The van der Waals surface area contributed by atoms with E-state index in [2.05, 4.69) is 23.2 Å². The zero-order chi connectivity index (χ0) is 13.5. The van der Waals surface area contributed by atoms with Crippen molar-refractivity contribution in [3.8, 4) is 0 Å². The van der Waals surface area contributed by atoms with E-state index in [9.17, 15) is 9.00 Å². The quantitative estimate of drug-likeness (QED) is 0.723. The van der Waals surface area contributed by atoms with Crippen molar-refractivity contribution in [1.82, 2.24) is 19.7 Å².